The zero-order valence-corrected chi connectivity index (χ0v) is 8.55. The van der Waals surface area contributed by atoms with E-state index in [4.69, 9.17) is 5.73 Å². The minimum absolute atomic E-state index is 0.381. The highest BCUT2D eigenvalue weighted by molar-refractivity contribution is 5.98. The number of anilines is 2. The van der Waals surface area contributed by atoms with Gasteiger partial charge in [0, 0.05) is 11.9 Å². The molecule has 1 aromatic carbocycles. The van der Waals surface area contributed by atoms with Crippen molar-refractivity contribution in [1.82, 2.24) is 4.98 Å². The summed E-state index contributed by atoms with van der Waals surface area (Å²) in [5, 5.41) is 3.04. The van der Waals surface area contributed by atoms with Gasteiger partial charge in [0.2, 0.25) is 0 Å². The lowest BCUT2D eigenvalue weighted by Gasteiger charge is -2.07. The first-order valence-electron chi connectivity index (χ1n) is 4.84. The molecule has 1 aromatic heterocycles. The molecule has 0 aliphatic rings. The maximum atomic E-state index is 11.2. The summed E-state index contributed by atoms with van der Waals surface area (Å²) in [5.74, 6) is -0.0206. The quantitative estimate of drug-likeness (QED) is 0.818. The number of benzene rings is 1. The molecule has 0 saturated heterocycles. The fourth-order valence-electron chi connectivity index (χ4n) is 1.36. The molecule has 80 valence electrons. The number of hydrogen-bond acceptors (Lipinski definition) is 3. The summed E-state index contributed by atoms with van der Waals surface area (Å²) in [4.78, 5) is 15.2. The van der Waals surface area contributed by atoms with E-state index in [1.54, 1.807) is 18.3 Å². The lowest BCUT2D eigenvalue weighted by Crippen LogP contribution is -2.13. The van der Waals surface area contributed by atoms with E-state index in [2.05, 4.69) is 10.3 Å². The van der Waals surface area contributed by atoms with Gasteiger partial charge in [0.15, 0.2) is 0 Å². The van der Waals surface area contributed by atoms with Crippen LogP contribution >= 0.6 is 0 Å². The molecule has 2 rings (SSSR count). The van der Waals surface area contributed by atoms with Crippen molar-refractivity contribution < 1.29 is 4.79 Å². The highest BCUT2D eigenvalue weighted by atomic mass is 16.1. The van der Waals surface area contributed by atoms with Crippen LogP contribution < -0.4 is 11.1 Å². The number of primary amides is 1. The lowest BCUT2D eigenvalue weighted by molar-refractivity contribution is 0.100. The van der Waals surface area contributed by atoms with Crippen molar-refractivity contribution in [3.63, 3.8) is 0 Å². The Hall–Kier alpha value is -2.36. The lowest BCUT2D eigenvalue weighted by atomic mass is 10.2. The number of nitrogens with zero attached hydrogens (tertiary/aromatic N) is 1. The average molecular weight is 213 g/mol. The Morgan fingerprint density at radius 1 is 1.12 bits per heavy atom. The summed E-state index contributed by atoms with van der Waals surface area (Å²) in [6.07, 6.45) is 1.61. The van der Waals surface area contributed by atoms with Gasteiger partial charge in [-0.15, -0.1) is 0 Å². The summed E-state index contributed by atoms with van der Waals surface area (Å²) in [6.45, 7) is 0. The summed E-state index contributed by atoms with van der Waals surface area (Å²) >= 11 is 0. The van der Waals surface area contributed by atoms with Gasteiger partial charge in [0.1, 0.15) is 5.82 Å². The smallest absolute Gasteiger partial charge is 0.252 e. The molecule has 4 heteroatoms. The van der Waals surface area contributed by atoms with Crippen molar-refractivity contribution in [2.45, 2.75) is 0 Å². The fraction of sp³-hybridized carbons (Fsp3) is 0. The Labute approximate surface area is 93.1 Å². The largest absolute Gasteiger partial charge is 0.365 e. The molecule has 1 amide bonds. The molecule has 0 aliphatic heterocycles. The molecule has 0 fully saturated rings. The molecule has 1 heterocycles. The molecule has 0 atom stereocenters. The molecule has 4 nitrogen and oxygen atoms in total. The van der Waals surface area contributed by atoms with Gasteiger partial charge in [-0.25, -0.2) is 4.98 Å². The summed E-state index contributed by atoms with van der Waals surface area (Å²) in [7, 11) is 0. The SMILES string of the molecule is NC(=O)c1cccnc1Nc1ccccc1. The summed E-state index contributed by atoms with van der Waals surface area (Å²) < 4.78 is 0. The predicted molar refractivity (Wildman–Crippen MR) is 62.5 cm³/mol. The molecule has 0 saturated carbocycles. The zero-order chi connectivity index (χ0) is 11.4. The number of nitrogens with one attached hydrogen (secondary N) is 1. The topological polar surface area (TPSA) is 68.0 Å². The van der Waals surface area contributed by atoms with Crippen molar-refractivity contribution in [3.8, 4) is 0 Å². The molecule has 3 N–H and O–H groups in total. The number of hydrogen-bond donors (Lipinski definition) is 2. The van der Waals surface area contributed by atoms with E-state index in [0.717, 1.165) is 5.69 Å². The second-order valence-electron chi connectivity index (χ2n) is 3.25. The van der Waals surface area contributed by atoms with E-state index < -0.39 is 5.91 Å². The van der Waals surface area contributed by atoms with Crippen LogP contribution in [0.1, 0.15) is 10.4 Å². The first-order valence-corrected chi connectivity index (χ1v) is 4.84. The Morgan fingerprint density at radius 3 is 2.56 bits per heavy atom. The second kappa shape index (κ2) is 4.44. The van der Waals surface area contributed by atoms with Crippen molar-refractivity contribution in [2.75, 3.05) is 5.32 Å². The van der Waals surface area contributed by atoms with Crippen molar-refractivity contribution >= 4 is 17.4 Å². The van der Waals surface area contributed by atoms with Crippen molar-refractivity contribution in [2.24, 2.45) is 5.73 Å². The normalized spacial score (nSPS) is 9.75. The third kappa shape index (κ3) is 2.17. The van der Waals surface area contributed by atoms with Crippen molar-refractivity contribution in [3.05, 3.63) is 54.2 Å². The average Bonchev–Trinajstić information content (AvgIpc) is 2.31. The minimum Gasteiger partial charge on any atom is -0.365 e. The van der Waals surface area contributed by atoms with E-state index >= 15 is 0 Å². The Kier molecular flexibility index (Phi) is 2.82. The number of rotatable bonds is 3. The number of pyridine rings is 1. The highest BCUT2D eigenvalue weighted by Gasteiger charge is 2.07. The molecule has 16 heavy (non-hydrogen) atoms. The van der Waals surface area contributed by atoms with Crippen LogP contribution in [0.15, 0.2) is 48.7 Å². The Bertz CT molecular complexity index is 497. The second-order valence-corrected chi connectivity index (χ2v) is 3.25. The summed E-state index contributed by atoms with van der Waals surface area (Å²) in [5.41, 5.74) is 6.49. The number of nitrogens with two attached hydrogens (primary N) is 1. The van der Waals surface area contributed by atoms with E-state index in [9.17, 15) is 4.79 Å². The van der Waals surface area contributed by atoms with Gasteiger partial charge in [-0.1, -0.05) is 18.2 Å². The monoisotopic (exact) mass is 213 g/mol. The van der Waals surface area contributed by atoms with Gasteiger partial charge in [0.05, 0.1) is 5.56 Å². The van der Waals surface area contributed by atoms with Gasteiger partial charge in [-0.3, -0.25) is 4.79 Å². The third-order valence-electron chi connectivity index (χ3n) is 2.11. The number of carbonyl (C=O) groups excluding carboxylic acids is 1. The minimum atomic E-state index is -0.494. The standard InChI is InChI=1S/C12H11N3O/c13-11(16)10-7-4-8-14-12(10)15-9-5-2-1-3-6-9/h1-8H,(H2,13,16)(H,14,15). The van der Waals surface area contributed by atoms with Crippen LogP contribution in [0.5, 0.6) is 0 Å². The van der Waals surface area contributed by atoms with Crippen LogP contribution in [-0.4, -0.2) is 10.9 Å². The molecular formula is C12H11N3O. The van der Waals surface area contributed by atoms with Gasteiger partial charge >= 0.3 is 0 Å². The van der Waals surface area contributed by atoms with E-state index in [-0.39, 0.29) is 0 Å². The summed E-state index contributed by atoms with van der Waals surface area (Å²) in [6, 6.07) is 12.8. The molecule has 0 unspecified atom stereocenters. The van der Waals surface area contributed by atoms with Crippen LogP contribution in [0.25, 0.3) is 0 Å². The van der Waals surface area contributed by atoms with E-state index in [1.165, 1.54) is 0 Å². The van der Waals surface area contributed by atoms with Crippen LogP contribution in [0.4, 0.5) is 11.5 Å². The number of aromatic nitrogens is 1. The van der Waals surface area contributed by atoms with Crippen molar-refractivity contribution in [1.29, 1.82) is 0 Å². The Morgan fingerprint density at radius 2 is 1.88 bits per heavy atom. The molecule has 0 aliphatic carbocycles. The molecule has 0 bridgehead atoms. The van der Waals surface area contributed by atoms with E-state index in [1.807, 2.05) is 30.3 Å². The van der Waals surface area contributed by atoms with E-state index in [0.29, 0.717) is 11.4 Å². The number of amides is 1. The fourth-order valence-corrected chi connectivity index (χ4v) is 1.36. The van der Waals surface area contributed by atoms with Crippen LogP contribution in [-0.2, 0) is 0 Å². The van der Waals surface area contributed by atoms with Crippen LogP contribution in [0.2, 0.25) is 0 Å². The highest BCUT2D eigenvalue weighted by Crippen LogP contribution is 2.17. The van der Waals surface area contributed by atoms with Crippen LogP contribution in [0.3, 0.4) is 0 Å². The Balaban J connectivity index is 2.31. The number of carbonyl (C=O) groups is 1. The first kappa shape index (κ1) is 10.2. The van der Waals surface area contributed by atoms with Gasteiger partial charge < -0.3 is 11.1 Å². The van der Waals surface area contributed by atoms with Crippen LogP contribution in [0, 0.1) is 0 Å². The zero-order valence-electron chi connectivity index (χ0n) is 8.55. The molecular weight excluding hydrogens is 202 g/mol. The molecule has 0 radical (unpaired) electrons. The maximum Gasteiger partial charge on any atom is 0.252 e. The third-order valence-corrected chi connectivity index (χ3v) is 2.11. The maximum absolute atomic E-state index is 11.2. The molecule has 0 spiro atoms. The number of para-hydroxylation sites is 1. The first-order chi connectivity index (χ1) is 7.77. The predicted octanol–water partition coefficient (Wildman–Crippen LogP) is 1.92. The molecule has 2 aromatic rings. The van der Waals surface area contributed by atoms with Gasteiger partial charge in [0.25, 0.3) is 5.91 Å². The van der Waals surface area contributed by atoms with Gasteiger partial charge in [-0.2, -0.15) is 0 Å². The van der Waals surface area contributed by atoms with Gasteiger partial charge in [-0.05, 0) is 24.3 Å².